The van der Waals surface area contributed by atoms with Gasteiger partial charge in [0.25, 0.3) is 0 Å². The molecule has 1 unspecified atom stereocenters. The zero-order valence-corrected chi connectivity index (χ0v) is 13.0. The van der Waals surface area contributed by atoms with Gasteiger partial charge >= 0.3 is 0 Å². The lowest BCUT2D eigenvalue weighted by molar-refractivity contribution is -0.123. The van der Waals surface area contributed by atoms with Gasteiger partial charge in [-0.1, -0.05) is 48.5 Å². The first-order valence-corrected chi connectivity index (χ1v) is 7.74. The normalized spacial score (nSPS) is 12.0. The predicted octanol–water partition coefficient (Wildman–Crippen LogP) is 2.27. The third-order valence-corrected chi connectivity index (χ3v) is 3.88. The third kappa shape index (κ3) is 3.70. The maximum Gasteiger partial charge on any atom is 0.248 e. The maximum atomic E-state index is 12.1. The van der Waals surface area contributed by atoms with Crippen LogP contribution in [0.3, 0.4) is 0 Å². The number of pyridine rings is 1. The second-order valence-corrected chi connectivity index (χ2v) is 5.61. The van der Waals surface area contributed by atoms with Crippen molar-refractivity contribution in [3.05, 3.63) is 82.1 Å². The fourth-order valence-electron chi connectivity index (χ4n) is 2.66. The summed E-state index contributed by atoms with van der Waals surface area (Å²) < 4.78 is 0. The highest BCUT2D eigenvalue weighted by atomic mass is 16.3. The number of carbonyl (C=O) groups excluding carboxylic acids is 1. The van der Waals surface area contributed by atoms with Crippen molar-refractivity contribution in [1.29, 1.82) is 0 Å². The summed E-state index contributed by atoms with van der Waals surface area (Å²) in [6, 6.07) is 18.0. The van der Waals surface area contributed by atoms with Crippen LogP contribution in [0.1, 0.15) is 23.7 Å². The fraction of sp³-hybridized carbons (Fsp3) is 0.158. The Labute approximate surface area is 139 Å². The Balaban J connectivity index is 1.68. The molecular weight excluding hydrogens is 304 g/mol. The Kier molecular flexibility index (Phi) is 4.72. The Morgan fingerprint density at radius 2 is 1.79 bits per heavy atom. The summed E-state index contributed by atoms with van der Waals surface area (Å²) in [6.45, 7) is 0.241. The van der Waals surface area contributed by atoms with E-state index in [2.05, 4.69) is 10.3 Å². The molecule has 5 nitrogen and oxygen atoms in total. The molecule has 0 radical (unpaired) electrons. The van der Waals surface area contributed by atoms with E-state index in [1.54, 1.807) is 12.1 Å². The number of para-hydroxylation sites is 1. The van der Waals surface area contributed by atoms with Crippen LogP contribution < -0.4 is 10.9 Å². The van der Waals surface area contributed by atoms with E-state index >= 15 is 0 Å². The van der Waals surface area contributed by atoms with Gasteiger partial charge in [0.05, 0.1) is 12.5 Å². The van der Waals surface area contributed by atoms with Crippen molar-refractivity contribution in [3.8, 4) is 0 Å². The Bertz CT molecular complexity index is 903. The van der Waals surface area contributed by atoms with Crippen molar-refractivity contribution in [2.75, 3.05) is 0 Å². The molecular formula is C19H18N2O3. The van der Waals surface area contributed by atoms with Crippen LogP contribution in [0.4, 0.5) is 0 Å². The molecule has 2 aromatic carbocycles. The Morgan fingerprint density at radius 1 is 1.08 bits per heavy atom. The van der Waals surface area contributed by atoms with Crippen LogP contribution in [0, 0.1) is 0 Å². The number of hydrogen-bond donors (Lipinski definition) is 3. The van der Waals surface area contributed by atoms with Crippen molar-refractivity contribution in [2.45, 2.75) is 19.1 Å². The Morgan fingerprint density at radius 3 is 2.58 bits per heavy atom. The summed E-state index contributed by atoms with van der Waals surface area (Å²) >= 11 is 0. The lowest BCUT2D eigenvalue weighted by Gasteiger charge is -2.12. The van der Waals surface area contributed by atoms with Gasteiger partial charge in [0.1, 0.15) is 0 Å². The zero-order valence-electron chi connectivity index (χ0n) is 13.0. The lowest BCUT2D eigenvalue weighted by Crippen LogP contribution is -2.25. The molecule has 24 heavy (non-hydrogen) atoms. The minimum atomic E-state index is -0.845. The van der Waals surface area contributed by atoms with E-state index in [0.717, 1.165) is 16.5 Å². The second-order valence-electron chi connectivity index (χ2n) is 5.61. The fourth-order valence-corrected chi connectivity index (χ4v) is 2.66. The molecule has 1 atom stereocenters. The van der Waals surface area contributed by atoms with Gasteiger partial charge in [0, 0.05) is 23.5 Å². The number of aromatic nitrogens is 1. The third-order valence-electron chi connectivity index (χ3n) is 3.88. The first-order valence-electron chi connectivity index (χ1n) is 7.74. The van der Waals surface area contributed by atoms with Crippen LogP contribution in [-0.2, 0) is 11.3 Å². The predicted molar refractivity (Wildman–Crippen MR) is 92.4 cm³/mol. The minimum absolute atomic E-state index is 0.0227. The number of amides is 1. The topological polar surface area (TPSA) is 82.2 Å². The number of rotatable bonds is 5. The van der Waals surface area contributed by atoms with Crippen LogP contribution in [0.25, 0.3) is 10.9 Å². The number of hydrogen-bond acceptors (Lipinski definition) is 3. The summed E-state index contributed by atoms with van der Waals surface area (Å²) in [5.74, 6) is -0.268. The molecule has 5 heteroatoms. The highest BCUT2D eigenvalue weighted by Gasteiger charge is 2.13. The second kappa shape index (κ2) is 7.10. The van der Waals surface area contributed by atoms with Gasteiger partial charge in [-0.2, -0.15) is 0 Å². The molecule has 0 spiro atoms. The number of aromatic amines is 1. The van der Waals surface area contributed by atoms with Gasteiger partial charge < -0.3 is 15.4 Å². The van der Waals surface area contributed by atoms with Gasteiger partial charge in [-0.3, -0.25) is 9.59 Å². The summed E-state index contributed by atoms with van der Waals surface area (Å²) in [7, 11) is 0. The Hall–Kier alpha value is -2.92. The van der Waals surface area contributed by atoms with Gasteiger partial charge in [-0.05, 0) is 17.2 Å². The maximum absolute atomic E-state index is 12.1. The zero-order chi connectivity index (χ0) is 16.9. The van der Waals surface area contributed by atoms with Crippen LogP contribution in [0.15, 0.2) is 65.5 Å². The molecule has 0 saturated carbocycles. The van der Waals surface area contributed by atoms with Crippen molar-refractivity contribution in [2.24, 2.45) is 0 Å². The quantitative estimate of drug-likeness (QED) is 0.674. The molecule has 3 aromatic rings. The first kappa shape index (κ1) is 16.0. The molecule has 3 N–H and O–H groups in total. The van der Waals surface area contributed by atoms with Crippen LogP contribution >= 0.6 is 0 Å². The van der Waals surface area contributed by atoms with Crippen LogP contribution in [-0.4, -0.2) is 16.0 Å². The summed E-state index contributed by atoms with van der Waals surface area (Å²) in [6.07, 6.45) is -0.868. The molecule has 0 aliphatic rings. The number of aliphatic hydroxyl groups is 1. The van der Waals surface area contributed by atoms with E-state index in [1.165, 1.54) is 6.07 Å². The molecule has 0 fully saturated rings. The molecule has 1 aromatic heterocycles. The highest BCUT2D eigenvalue weighted by Crippen LogP contribution is 2.17. The number of aliphatic hydroxyl groups excluding tert-OH is 1. The van der Waals surface area contributed by atoms with E-state index in [-0.39, 0.29) is 24.4 Å². The average Bonchev–Trinajstić information content (AvgIpc) is 2.60. The smallest absolute Gasteiger partial charge is 0.248 e. The largest absolute Gasteiger partial charge is 0.388 e. The lowest BCUT2D eigenvalue weighted by atomic mass is 10.1. The number of nitrogens with one attached hydrogen (secondary N) is 2. The van der Waals surface area contributed by atoms with E-state index in [1.807, 2.05) is 42.5 Å². The number of benzene rings is 2. The molecule has 1 heterocycles. The standard InChI is InChI=1S/C19H18N2O3/c22-17(13-6-2-1-3-7-13)11-18(23)20-12-14-10-19(24)21-16-9-5-4-8-15(14)16/h1-10,17,22H,11-12H2,(H,20,23)(H,21,24). The van der Waals surface area contributed by atoms with Gasteiger partial charge in [0.15, 0.2) is 0 Å². The number of fused-ring (bicyclic) bond motifs is 1. The van der Waals surface area contributed by atoms with E-state index in [4.69, 9.17) is 0 Å². The molecule has 122 valence electrons. The van der Waals surface area contributed by atoms with Crippen LogP contribution in [0.5, 0.6) is 0 Å². The molecule has 0 bridgehead atoms. The molecule has 1 amide bonds. The monoisotopic (exact) mass is 322 g/mol. The van der Waals surface area contributed by atoms with Crippen LogP contribution in [0.2, 0.25) is 0 Å². The van der Waals surface area contributed by atoms with Gasteiger partial charge in [0.2, 0.25) is 11.5 Å². The summed E-state index contributed by atoms with van der Waals surface area (Å²) in [4.78, 5) is 26.5. The molecule has 0 aliphatic carbocycles. The minimum Gasteiger partial charge on any atom is -0.388 e. The molecule has 0 aliphatic heterocycles. The number of H-pyrrole nitrogens is 1. The van der Waals surface area contributed by atoms with Gasteiger partial charge in [-0.15, -0.1) is 0 Å². The molecule has 3 rings (SSSR count). The van der Waals surface area contributed by atoms with Crippen molar-refractivity contribution >= 4 is 16.8 Å². The van der Waals surface area contributed by atoms with Crippen molar-refractivity contribution in [3.63, 3.8) is 0 Å². The van der Waals surface area contributed by atoms with Gasteiger partial charge in [-0.25, -0.2) is 0 Å². The SMILES string of the molecule is O=C(CC(O)c1ccccc1)NCc1cc(=O)[nH]c2ccccc12. The van der Waals surface area contributed by atoms with E-state index < -0.39 is 6.10 Å². The van der Waals surface area contributed by atoms with Crippen molar-refractivity contribution < 1.29 is 9.90 Å². The summed E-state index contributed by atoms with van der Waals surface area (Å²) in [5.41, 5.74) is 1.98. The van der Waals surface area contributed by atoms with E-state index in [9.17, 15) is 14.7 Å². The van der Waals surface area contributed by atoms with E-state index in [0.29, 0.717) is 5.56 Å². The van der Waals surface area contributed by atoms with Crippen molar-refractivity contribution in [1.82, 2.24) is 10.3 Å². The molecule has 0 saturated heterocycles. The summed E-state index contributed by atoms with van der Waals surface area (Å²) in [5, 5.41) is 13.7. The first-order chi connectivity index (χ1) is 11.6. The highest BCUT2D eigenvalue weighted by molar-refractivity contribution is 5.83. The average molecular weight is 322 g/mol. The number of carbonyl (C=O) groups is 1.